The molecule has 0 amide bonds. The molecular weight excluding hydrogens is 213 g/mol. The third-order valence-corrected chi connectivity index (χ3v) is 1.91. The Balaban J connectivity index is 3.01. The lowest BCUT2D eigenvalue weighted by Gasteiger charge is -2.06. The molecule has 0 aliphatic carbocycles. The van der Waals surface area contributed by atoms with Crippen LogP contribution in [-0.4, -0.2) is 17.7 Å². The van der Waals surface area contributed by atoms with Gasteiger partial charge in [0.05, 0.1) is 18.6 Å². The molecular formula is C11H10FNO3. The van der Waals surface area contributed by atoms with Crippen LogP contribution in [0.1, 0.15) is 18.1 Å². The van der Waals surface area contributed by atoms with Crippen LogP contribution in [0.25, 0.3) is 0 Å². The summed E-state index contributed by atoms with van der Waals surface area (Å²) in [6.07, 6.45) is -0.258. The number of carbonyl (C=O) groups is 1. The number of phenolic OH excluding ortho intramolecular Hbond substituents is 1. The van der Waals surface area contributed by atoms with Gasteiger partial charge in [0.15, 0.2) is 0 Å². The van der Waals surface area contributed by atoms with E-state index in [0.29, 0.717) is 0 Å². The van der Waals surface area contributed by atoms with E-state index in [1.54, 1.807) is 13.0 Å². The molecule has 0 unspecified atom stereocenters. The second-order valence-electron chi connectivity index (χ2n) is 3.05. The highest BCUT2D eigenvalue weighted by Gasteiger charge is 2.13. The number of carbonyl (C=O) groups excluding carboxylic acids is 1. The number of nitriles is 1. The largest absolute Gasteiger partial charge is 0.506 e. The fraction of sp³-hybridized carbons (Fsp3) is 0.273. The molecule has 0 atom stereocenters. The number of nitrogens with zero attached hydrogens (tertiary/aromatic N) is 1. The van der Waals surface area contributed by atoms with Gasteiger partial charge in [0.2, 0.25) is 0 Å². The molecule has 0 saturated carbocycles. The second kappa shape index (κ2) is 5.12. The first-order valence-corrected chi connectivity index (χ1v) is 4.65. The summed E-state index contributed by atoms with van der Waals surface area (Å²) in [5, 5.41) is 18.1. The molecule has 1 aromatic rings. The van der Waals surface area contributed by atoms with Gasteiger partial charge in [-0.15, -0.1) is 0 Å². The van der Waals surface area contributed by atoms with E-state index < -0.39 is 11.8 Å². The molecule has 0 heterocycles. The molecule has 0 aliphatic rings. The molecule has 1 N–H and O–H groups in total. The van der Waals surface area contributed by atoms with Crippen molar-refractivity contribution >= 4 is 5.97 Å². The van der Waals surface area contributed by atoms with E-state index >= 15 is 0 Å². The fourth-order valence-corrected chi connectivity index (χ4v) is 1.24. The van der Waals surface area contributed by atoms with Gasteiger partial charge in [-0.25, -0.2) is 4.39 Å². The van der Waals surface area contributed by atoms with Crippen molar-refractivity contribution in [2.75, 3.05) is 6.61 Å². The van der Waals surface area contributed by atoms with E-state index in [9.17, 15) is 14.3 Å². The lowest BCUT2D eigenvalue weighted by Crippen LogP contribution is -2.08. The van der Waals surface area contributed by atoms with Crippen LogP contribution in [0.2, 0.25) is 0 Å². The minimum absolute atomic E-state index is 0.0509. The van der Waals surface area contributed by atoms with Gasteiger partial charge in [0, 0.05) is 5.56 Å². The van der Waals surface area contributed by atoms with Crippen molar-refractivity contribution in [3.8, 4) is 11.8 Å². The highest BCUT2D eigenvalue weighted by atomic mass is 19.1. The fourth-order valence-electron chi connectivity index (χ4n) is 1.24. The minimum Gasteiger partial charge on any atom is -0.506 e. The molecule has 0 radical (unpaired) electrons. The van der Waals surface area contributed by atoms with Gasteiger partial charge in [-0.3, -0.25) is 4.79 Å². The molecule has 0 spiro atoms. The maximum Gasteiger partial charge on any atom is 0.310 e. The molecule has 0 aromatic heterocycles. The lowest BCUT2D eigenvalue weighted by atomic mass is 10.1. The quantitative estimate of drug-likeness (QED) is 0.788. The van der Waals surface area contributed by atoms with Gasteiger partial charge in [0.1, 0.15) is 17.6 Å². The lowest BCUT2D eigenvalue weighted by molar-refractivity contribution is -0.142. The molecule has 5 heteroatoms. The van der Waals surface area contributed by atoms with Gasteiger partial charge < -0.3 is 9.84 Å². The molecule has 1 aromatic carbocycles. The van der Waals surface area contributed by atoms with Gasteiger partial charge in [0.25, 0.3) is 0 Å². The van der Waals surface area contributed by atoms with Crippen LogP contribution < -0.4 is 0 Å². The smallest absolute Gasteiger partial charge is 0.310 e. The summed E-state index contributed by atoms with van der Waals surface area (Å²) >= 11 is 0. The normalized spacial score (nSPS) is 9.56. The van der Waals surface area contributed by atoms with Crippen molar-refractivity contribution in [2.45, 2.75) is 13.3 Å². The molecule has 0 saturated heterocycles. The van der Waals surface area contributed by atoms with E-state index in [1.165, 1.54) is 0 Å². The zero-order chi connectivity index (χ0) is 12.1. The summed E-state index contributed by atoms with van der Waals surface area (Å²) in [7, 11) is 0. The number of aromatic hydroxyl groups is 1. The molecule has 4 nitrogen and oxygen atoms in total. The highest BCUT2D eigenvalue weighted by Crippen LogP contribution is 2.24. The summed E-state index contributed by atoms with van der Waals surface area (Å²) in [5.41, 5.74) is -0.144. The Kier molecular flexibility index (Phi) is 3.84. The monoisotopic (exact) mass is 223 g/mol. The first-order chi connectivity index (χ1) is 7.58. The molecule has 0 bridgehead atoms. The topological polar surface area (TPSA) is 70.3 Å². The summed E-state index contributed by atoms with van der Waals surface area (Å²) in [6.45, 7) is 1.85. The van der Waals surface area contributed by atoms with E-state index in [1.807, 2.05) is 0 Å². The number of benzene rings is 1. The number of hydrogen-bond acceptors (Lipinski definition) is 4. The third-order valence-electron chi connectivity index (χ3n) is 1.91. The highest BCUT2D eigenvalue weighted by molar-refractivity contribution is 5.74. The van der Waals surface area contributed by atoms with Crippen molar-refractivity contribution < 1.29 is 19.0 Å². The molecule has 0 aliphatic heterocycles. The maximum absolute atomic E-state index is 13.0. The summed E-state index contributed by atoms with van der Waals surface area (Å²) in [5.74, 6) is -1.63. The van der Waals surface area contributed by atoms with Crippen LogP contribution >= 0.6 is 0 Å². The minimum atomic E-state index is -0.673. The van der Waals surface area contributed by atoms with Gasteiger partial charge >= 0.3 is 5.97 Å². The summed E-state index contributed by atoms with van der Waals surface area (Å²) in [6, 6.07) is 3.55. The molecule has 84 valence electrons. The Labute approximate surface area is 91.9 Å². The number of hydrogen-bond donors (Lipinski definition) is 1. The van der Waals surface area contributed by atoms with Crippen LogP contribution in [0.4, 0.5) is 4.39 Å². The van der Waals surface area contributed by atoms with Crippen molar-refractivity contribution in [1.82, 2.24) is 0 Å². The first-order valence-electron chi connectivity index (χ1n) is 4.65. The summed E-state index contributed by atoms with van der Waals surface area (Å²) in [4.78, 5) is 11.1. The Morgan fingerprint density at radius 2 is 2.31 bits per heavy atom. The predicted octanol–water partition coefficient (Wildman–Crippen LogP) is 1.51. The SMILES string of the molecule is CCOC(=O)Cc1cc(F)cc(C#N)c1O. The third kappa shape index (κ3) is 2.70. The zero-order valence-corrected chi connectivity index (χ0v) is 8.66. The van der Waals surface area contributed by atoms with Crippen LogP contribution in [0.3, 0.4) is 0 Å². The summed E-state index contributed by atoms with van der Waals surface area (Å²) < 4.78 is 17.7. The second-order valence-corrected chi connectivity index (χ2v) is 3.05. The molecule has 0 fully saturated rings. The van der Waals surface area contributed by atoms with Crippen molar-refractivity contribution in [3.05, 3.63) is 29.1 Å². The average Bonchev–Trinajstić information content (AvgIpc) is 2.23. The Hall–Kier alpha value is -2.09. The van der Waals surface area contributed by atoms with Crippen molar-refractivity contribution in [1.29, 1.82) is 5.26 Å². The molecule has 1 rings (SSSR count). The van der Waals surface area contributed by atoms with Crippen LogP contribution in [0.5, 0.6) is 5.75 Å². The van der Waals surface area contributed by atoms with E-state index in [-0.39, 0.29) is 29.9 Å². The predicted molar refractivity (Wildman–Crippen MR) is 53.1 cm³/mol. The Bertz CT molecular complexity index is 451. The van der Waals surface area contributed by atoms with E-state index in [4.69, 9.17) is 5.26 Å². The van der Waals surface area contributed by atoms with E-state index in [0.717, 1.165) is 12.1 Å². The standard InChI is InChI=1S/C11H10FNO3/c1-2-16-10(14)5-7-3-9(12)4-8(6-13)11(7)15/h3-4,15H,2,5H2,1H3. The number of esters is 1. The average molecular weight is 223 g/mol. The van der Waals surface area contributed by atoms with Gasteiger partial charge in [-0.1, -0.05) is 0 Å². The van der Waals surface area contributed by atoms with Gasteiger partial charge in [-0.05, 0) is 19.1 Å². The van der Waals surface area contributed by atoms with Crippen molar-refractivity contribution in [2.24, 2.45) is 0 Å². The van der Waals surface area contributed by atoms with E-state index in [2.05, 4.69) is 4.74 Å². The van der Waals surface area contributed by atoms with Crippen LogP contribution in [0.15, 0.2) is 12.1 Å². The number of phenols is 1. The first kappa shape index (κ1) is 12.0. The van der Waals surface area contributed by atoms with Crippen LogP contribution in [-0.2, 0) is 16.0 Å². The number of ether oxygens (including phenoxy) is 1. The van der Waals surface area contributed by atoms with Crippen LogP contribution in [0, 0.1) is 17.1 Å². The zero-order valence-electron chi connectivity index (χ0n) is 8.66. The maximum atomic E-state index is 13.0. The Morgan fingerprint density at radius 3 is 2.88 bits per heavy atom. The van der Waals surface area contributed by atoms with Gasteiger partial charge in [-0.2, -0.15) is 5.26 Å². The Morgan fingerprint density at radius 1 is 1.62 bits per heavy atom. The number of halogens is 1. The molecule has 16 heavy (non-hydrogen) atoms. The number of rotatable bonds is 3. The van der Waals surface area contributed by atoms with Crippen molar-refractivity contribution in [3.63, 3.8) is 0 Å².